The van der Waals surface area contributed by atoms with Crippen molar-refractivity contribution in [3.8, 4) is 0 Å². The number of carbonyl (C=O) groups excluding carboxylic acids is 2. The van der Waals surface area contributed by atoms with Gasteiger partial charge >= 0.3 is 5.97 Å². The molecule has 1 amide bonds. The molecule has 0 aliphatic rings. The Kier molecular flexibility index (Phi) is 6.71. The van der Waals surface area contributed by atoms with E-state index in [1.807, 2.05) is 19.1 Å². The number of ether oxygens (including phenoxy) is 1. The Hall–Kier alpha value is -2.94. The zero-order chi connectivity index (χ0) is 21.8. The minimum absolute atomic E-state index is 0.0770. The number of benzene rings is 2. The average Bonchev–Trinajstić information content (AvgIpc) is 3.14. The second kappa shape index (κ2) is 9.25. The number of aryl methyl sites for hydroxylation is 1. The Labute approximate surface area is 175 Å². The number of amides is 1. The van der Waals surface area contributed by atoms with Gasteiger partial charge in [0, 0.05) is 18.2 Å². The van der Waals surface area contributed by atoms with Gasteiger partial charge in [0.05, 0.1) is 24.3 Å². The number of rotatable bonds is 7. The SMILES string of the molecule is CCOC(=O)CCC(=O)N(Cc1nc2c(F)c(F)cc(F)c2s1)c1ccccc1C. The molecule has 0 N–H and O–H groups in total. The highest BCUT2D eigenvalue weighted by molar-refractivity contribution is 7.18. The fraction of sp³-hybridized carbons (Fsp3) is 0.286. The molecule has 30 heavy (non-hydrogen) atoms. The zero-order valence-corrected chi connectivity index (χ0v) is 17.2. The first-order valence-electron chi connectivity index (χ1n) is 9.26. The molecule has 2 aromatic carbocycles. The van der Waals surface area contributed by atoms with Gasteiger partial charge in [0.25, 0.3) is 0 Å². The first kappa shape index (κ1) is 21.8. The number of carbonyl (C=O) groups is 2. The molecule has 0 unspecified atom stereocenters. The van der Waals surface area contributed by atoms with Crippen molar-refractivity contribution in [2.75, 3.05) is 11.5 Å². The predicted octanol–water partition coefficient (Wildman–Crippen LogP) is 4.90. The summed E-state index contributed by atoms with van der Waals surface area (Å²) in [4.78, 5) is 29.9. The molecule has 3 aromatic rings. The molecule has 158 valence electrons. The third-order valence-corrected chi connectivity index (χ3v) is 5.46. The molecule has 0 saturated carbocycles. The smallest absolute Gasteiger partial charge is 0.306 e. The molecule has 9 heteroatoms. The molecule has 1 aromatic heterocycles. The van der Waals surface area contributed by atoms with Crippen LogP contribution in [0.4, 0.5) is 18.9 Å². The monoisotopic (exact) mass is 436 g/mol. The Morgan fingerprint density at radius 2 is 1.87 bits per heavy atom. The molecule has 0 aliphatic heterocycles. The van der Waals surface area contributed by atoms with Crippen LogP contribution in [0.15, 0.2) is 30.3 Å². The van der Waals surface area contributed by atoms with E-state index < -0.39 is 28.9 Å². The van der Waals surface area contributed by atoms with Crippen LogP contribution in [0.3, 0.4) is 0 Å². The Morgan fingerprint density at radius 1 is 1.13 bits per heavy atom. The molecule has 3 rings (SSSR count). The van der Waals surface area contributed by atoms with Crippen LogP contribution in [0.25, 0.3) is 10.2 Å². The van der Waals surface area contributed by atoms with Crippen molar-refractivity contribution < 1.29 is 27.5 Å². The molecule has 0 radical (unpaired) electrons. The van der Waals surface area contributed by atoms with Gasteiger partial charge in [-0.2, -0.15) is 0 Å². The Bertz CT molecular complexity index is 1100. The fourth-order valence-corrected chi connectivity index (χ4v) is 3.94. The summed E-state index contributed by atoms with van der Waals surface area (Å²) in [7, 11) is 0. The number of nitrogens with zero attached hydrogens (tertiary/aromatic N) is 2. The van der Waals surface area contributed by atoms with Crippen molar-refractivity contribution in [2.24, 2.45) is 0 Å². The van der Waals surface area contributed by atoms with Crippen LogP contribution in [0.1, 0.15) is 30.3 Å². The Morgan fingerprint density at radius 3 is 2.57 bits per heavy atom. The lowest BCUT2D eigenvalue weighted by atomic mass is 10.1. The minimum atomic E-state index is -1.32. The molecule has 1 heterocycles. The third kappa shape index (κ3) is 4.62. The summed E-state index contributed by atoms with van der Waals surface area (Å²) in [5.74, 6) is -4.33. The number of hydrogen-bond acceptors (Lipinski definition) is 5. The number of anilines is 1. The first-order chi connectivity index (χ1) is 14.3. The second-order valence-electron chi connectivity index (χ2n) is 6.51. The van der Waals surface area contributed by atoms with Crippen molar-refractivity contribution in [1.29, 1.82) is 0 Å². The summed E-state index contributed by atoms with van der Waals surface area (Å²) >= 11 is 0.847. The van der Waals surface area contributed by atoms with Gasteiger partial charge in [-0.05, 0) is 25.5 Å². The van der Waals surface area contributed by atoms with Gasteiger partial charge in [-0.25, -0.2) is 18.2 Å². The van der Waals surface area contributed by atoms with Crippen LogP contribution in [-0.2, 0) is 20.9 Å². The van der Waals surface area contributed by atoms with Crippen molar-refractivity contribution in [3.63, 3.8) is 0 Å². The number of esters is 1. The highest BCUT2D eigenvalue weighted by atomic mass is 32.1. The van der Waals surface area contributed by atoms with E-state index >= 15 is 0 Å². The molecule has 0 saturated heterocycles. The van der Waals surface area contributed by atoms with E-state index in [1.165, 1.54) is 4.90 Å². The number of aromatic nitrogens is 1. The average molecular weight is 436 g/mol. The predicted molar refractivity (Wildman–Crippen MR) is 108 cm³/mol. The maximum Gasteiger partial charge on any atom is 0.306 e. The Balaban J connectivity index is 1.93. The van der Waals surface area contributed by atoms with E-state index in [4.69, 9.17) is 4.74 Å². The van der Waals surface area contributed by atoms with E-state index in [0.29, 0.717) is 11.8 Å². The molecule has 0 aliphatic carbocycles. The van der Waals surface area contributed by atoms with Gasteiger partial charge in [0.1, 0.15) is 16.3 Å². The largest absolute Gasteiger partial charge is 0.466 e. The molecule has 0 atom stereocenters. The van der Waals surface area contributed by atoms with Crippen LogP contribution in [-0.4, -0.2) is 23.5 Å². The fourth-order valence-electron chi connectivity index (χ4n) is 2.98. The number of halogens is 3. The summed E-state index contributed by atoms with van der Waals surface area (Å²) in [6.45, 7) is 3.63. The highest BCUT2D eigenvalue weighted by Crippen LogP contribution is 2.31. The van der Waals surface area contributed by atoms with Gasteiger partial charge in [-0.3, -0.25) is 9.59 Å². The number of fused-ring (bicyclic) bond motifs is 1. The van der Waals surface area contributed by atoms with Crippen molar-refractivity contribution >= 4 is 39.1 Å². The lowest BCUT2D eigenvalue weighted by Crippen LogP contribution is -2.31. The van der Waals surface area contributed by atoms with E-state index in [2.05, 4.69) is 4.98 Å². The maximum absolute atomic E-state index is 14.0. The summed E-state index contributed by atoms with van der Waals surface area (Å²) in [6.07, 6.45) is -0.196. The number of hydrogen-bond donors (Lipinski definition) is 0. The molecule has 5 nitrogen and oxygen atoms in total. The number of para-hydroxylation sites is 1. The summed E-state index contributed by atoms with van der Waals surface area (Å²) in [5, 5.41) is 0.237. The van der Waals surface area contributed by atoms with Gasteiger partial charge in [0.15, 0.2) is 11.6 Å². The van der Waals surface area contributed by atoms with Crippen LogP contribution in [0.2, 0.25) is 0 Å². The summed E-state index contributed by atoms with van der Waals surface area (Å²) < 4.78 is 46.3. The third-order valence-electron chi connectivity index (χ3n) is 4.41. The molecule has 0 spiro atoms. The van der Waals surface area contributed by atoms with Crippen LogP contribution in [0.5, 0.6) is 0 Å². The molecule has 0 bridgehead atoms. The lowest BCUT2D eigenvalue weighted by Gasteiger charge is -2.23. The second-order valence-corrected chi connectivity index (χ2v) is 7.59. The van der Waals surface area contributed by atoms with Gasteiger partial charge < -0.3 is 9.64 Å². The van der Waals surface area contributed by atoms with Crippen LogP contribution < -0.4 is 4.90 Å². The van der Waals surface area contributed by atoms with Crippen LogP contribution >= 0.6 is 11.3 Å². The van der Waals surface area contributed by atoms with Crippen LogP contribution in [0, 0.1) is 24.4 Å². The van der Waals surface area contributed by atoms with Gasteiger partial charge in [-0.15, -0.1) is 11.3 Å². The van der Waals surface area contributed by atoms with Crippen molar-refractivity contribution in [2.45, 2.75) is 33.2 Å². The topological polar surface area (TPSA) is 59.5 Å². The summed E-state index contributed by atoms with van der Waals surface area (Å²) in [5.41, 5.74) is 0.973. The van der Waals surface area contributed by atoms with E-state index in [9.17, 15) is 22.8 Å². The minimum Gasteiger partial charge on any atom is -0.466 e. The van der Waals surface area contributed by atoms with E-state index in [-0.39, 0.29) is 41.6 Å². The first-order valence-corrected chi connectivity index (χ1v) is 10.1. The summed E-state index contributed by atoms with van der Waals surface area (Å²) in [6, 6.07) is 7.58. The molecular formula is C21H19F3N2O3S. The highest BCUT2D eigenvalue weighted by Gasteiger charge is 2.23. The quantitative estimate of drug-likeness (QED) is 0.391. The van der Waals surface area contributed by atoms with Gasteiger partial charge in [-0.1, -0.05) is 18.2 Å². The molecule has 0 fully saturated rings. The standard InChI is InChI=1S/C21H19F3N2O3S/c1-3-29-18(28)9-8-17(27)26(15-7-5-4-6-12(15)2)11-16-25-20-19(24)13(22)10-14(23)21(20)30-16/h4-7,10H,3,8-9,11H2,1-2H3. The van der Waals surface area contributed by atoms with E-state index in [0.717, 1.165) is 16.9 Å². The number of thiazole rings is 1. The lowest BCUT2D eigenvalue weighted by molar-refractivity contribution is -0.144. The van der Waals surface area contributed by atoms with Gasteiger partial charge in [0.2, 0.25) is 5.91 Å². The maximum atomic E-state index is 14.0. The molecular weight excluding hydrogens is 417 g/mol. The van der Waals surface area contributed by atoms with Crippen molar-refractivity contribution in [3.05, 3.63) is 58.4 Å². The van der Waals surface area contributed by atoms with E-state index in [1.54, 1.807) is 19.1 Å². The zero-order valence-electron chi connectivity index (χ0n) is 16.4. The normalized spacial score (nSPS) is 11.0. The van der Waals surface area contributed by atoms with Crippen molar-refractivity contribution in [1.82, 2.24) is 4.98 Å².